The third kappa shape index (κ3) is 3.06. The van der Waals surface area contributed by atoms with Crippen LogP contribution in [0.15, 0.2) is 0 Å². The molecule has 3 heteroatoms. The summed E-state index contributed by atoms with van der Waals surface area (Å²) >= 11 is 0. The highest BCUT2D eigenvalue weighted by atomic mass is 16.1. The molecule has 0 heterocycles. The molecule has 94 valence electrons. The van der Waals surface area contributed by atoms with Crippen molar-refractivity contribution < 1.29 is 9.59 Å². The summed E-state index contributed by atoms with van der Waals surface area (Å²) in [6, 6.07) is 0. The average molecular weight is 227 g/mol. The molecule has 0 saturated carbocycles. The molecule has 0 aliphatic carbocycles. The molecule has 0 rings (SSSR count). The van der Waals surface area contributed by atoms with Crippen LogP contribution in [0.2, 0.25) is 0 Å². The summed E-state index contributed by atoms with van der Waals surface area (Å²) in [5, 5.41) is 2.86. The molecule has 16 heavy (non-hydrogen) atoms. The first-order valence-corrected chi connectivity index (χ1v) is 6.06. The number of rotatable bonds is 6. The molecule has 0 spiro atoms. The summed E-state index contributed by atoms with van der Waals surface area (Å²) < 4.78 is 0. The predicted molar refractivity (Wildman–Crippen MR) is 66.1 cm³/mol. The van der Waals surface area contributed by atoms with E-state index in [-0.39, 0.29) is 23.5 Å². The number of carbonyl (C=O) groups excluding carboxylic acids is 2. The van der Waals surface area contributed by atoms with Crippen molar-refractivity contribution in [1.29, 1.82) is 0 Å². The van der Waals surface area contributed by atoms with Gasteiger partial charge in [-0.05, 0) is 18.8 Å². The molecule has 1 N–H and O–H groups in total. The normalized spacial score (nSPS) is 12.0. The number of carbonyl (C=O) groups is 2. The highest BCUT2D eigenvalue weighted by Gasteiger charge is 2.41. The van der Waals surface area contributed by atoms with Gasteiger partial charge in [-0.25, -0.2) is 0 Å². The van der Waals surface area contributed by atoms with Crippen LogP contribution >= 0.6 is 0 Å². The minimum absolute atomic E-state index is 0.00641. The fraction of sp³-hybridized carbons (Fsp3) is 0.846. The number of Topliss-reactive ketones (excluding diaryl/α,β-unsaturated/α-hetero) is 1. The average Bonchev–Trinajstić information content (AvgIpc) is 2.16. The molecule has 0 atom stereocenters. The van der Waals surface area contributed by atoms with Gasteiger partial charge >= 0.3 is 0 Å². The van der Waals surface area contributed by atoms with E-state index in [1.165, 1.54) is 0 Å². The minimum Gasteiger partial charge on any atom is -0.355 e. The van der Waals surface area contributed by atoms with Gasteiger partial charge in [-0.1, -0.05) is 34.6 Å². The second kappa shape index (κ2) is 6.02. The van der Waals surface area contributed by atoms with E-state index < -0.39 is 5.41 Å². The molecule has 0 bridgehead atoms. The van der Waals surface area contributed by atoms with Crippen LogP contribution < -0.4 is 5.32 Å². The number of ketones is 1. The van der Waals surface area contributed by atoms with E-state index in [2.05, 4.69) is 5.32 Å². The summed E-state index contributed by atoms with van der Waals surface area (Å²) in [5.41, 5.74) is -0.440. The van der Waals surface area contributed by atoms with Gasteiger partial charge in [0.15, 0.2) is 0 Å². The molecule has 0 radical (unpaired) electrons. The first-order valence-electron chi connectivity index (χ1n) is 6.06. The van der Waals surface area contributed by atoms with Crippen LogP contribution in [-0.4, -0.2) is 18.2 Å². The van der Waals surface area contributed by atoms with Crippen molar-refractivity contribution >= 4 is 11.7 Å². The zero-order valence-corrected chi connectivity index (χ0v) is 11.4. The Morgan fingerprint density at radius 1 is 1.12 bits per heavy atom. The summed E-state index contributed by atoms with van der Waals surface area (Å²) in [5.74, 6) is 0.616. The van der Waals surface area contributed by atoms with Gasteiger partial charge in [0.05, 0.1) is 5.41 Å². The van der Waals surface area contributed by atoms with E-state index in [1.54, 1.807) is 6.92 Å². The maximum absolute atomic E-state index is 11.9. The third-order valence-corrected chi connectivity index (χ3v) is 3.62. The zero-order valence-electron chi connectivity index (χ0n) is 11.4. The van der Waals surface area contributed by atoms with Gasteiger partial charge in [-0.3, -0.25) is 9.59 Å². The Morgan fingerprint density at radius 2 is 1.56 bits per heavy atom. The first kappa shape index (κ1) is 15.1. The number of nitrogens with one attached hydrogen (secondary N) is 1. The third-order valence-electron chi connectivity index (χ3n) is 3.62. The van der Waals surface area contributed by atoms with Crippen molar-refractivity contribution in [3.05, 3.63) is 0 Å². The lowest BCUT2D eigenvalue weighted by Crippen LogP contribution is -2.49. The van der Waals surface area contributed by atoms with Crippen LogP contribution in [0, 0.1) is 17.3 Å². The SMILES string of the molecule is CCC(=O)NCC(C(C)=O)(C(C)C)C(C)C. The molecule has 0 fully saturated rings. The molecule has 0 saturated heterocycles. The molecule has 0 aromatic heterocycles. The van der Waals surface area contributed by atoms with Crippen molar-refractivity contribution in [2.75, 3.05) is 6.54 Å². The minimum atomic E-state index is -0.440. The van der Waals surface area contributed by atoms with E-state index >= 15 is 0 Å². The Hall–Kier alpha value is -0.860. The Bertz CT molecular complexity index is 249. The van der Waals surface area contributed by atoms with Gasteiger partial charge in [0.25, 0.3) is 0 Å². The van der Waals surface area contributed by atoms with Crippen molar-refractivity contribution in [3.63, 3.8) is 0 Å². The van der Waals surface area contributed by atoms with E-state index in [9.17, 15) is 9.59 Å². The Labute approximate surface area is 99.0 Å². The molecule has 1 amide bonds. The lowest BCUT2D eigenvalue weighted by Gasteiger charge is -2.39. The topological polar surface area (TPSA) is 46.2 Å². The number of hydrogen-bond acceptors (Lipinski definition) is 2. The Morgan fingerprint density at radius 3 is 1.81 bits per heavy atom. The summed E-state index contributed by atoms with van der Waals surface area (Å²) in [6.07, 6.45) is 0.462. The largest absolute Gasteiger partial charge is 0.355 e. The maximum Gasteiger partial charge on any atom is 0.219 e. The van der Waals surface area contributed by atoms with Crippen LogP contribution in [0.5, 0.6) is 0 Å². The maximum atomic E-state index is 11.9. The zero-order chi connectivity index (χ0) is 12.9. The fourth-order valence-electron chi connectivity index (χ4n) is 2.38. The smallest absolute Gasteiger partial charge is 0.219 e. The van der Waals surface area contributed by atoms with Gasteiger partial charge in [-0.15, -0.1) is 0 Å². The van der Waals surface area contributed by atoms with Gasteiger partial charge in [0, 0.05) is 13.0 Å². The molecular weight excluding hydrogens is 202 g/mol. The van der Waals surface area contributed by atoms with Gasteiger partial charge < -0.3 is 5.32 Å². The molecular formula is C13H25NO2. The first-order chi connectivity index (χ1) is 7.28. The summed E-state index contributed by atoms with van der Waals surface area (Å²) in [4.78, 5) is 23.2. The van der Waals surface area contributed by atoms with E-state index in [1.807, 2.05) is 34.6 Å². The molecule has 0 aromatic rings. The lowest BCUT2D eigenvalue weighted by atomic mass is 9.66. The van der Waals surface area contributed by atoms with Crippen LogP contribution in [0.1, 0.15) is 48.0 Å². The molecule has 0 aromatic carbocycles. The summed E-state index contributed by atoms with van der Waals surface area (Å²) in [6.45, 7) is 12.1. The Kier molecular flexibility index (Phi) is 5.70. The van der Waals surface area contributed by atoms with Crippen LogP contribution in [0.4, 0.5) is 0 Å². The predicted octanol–water partition coefficient (Wildman–Crippen LogP) is 2.40. The van der Waals surface area contributed by atoms with Crippen molar-refractivity contribution in [3.8, 4) is 0 Å². The van der Waals surface area contributed by atoms with E-state index in [0.29, 0.717) is 13.0 Å². The second-order valence-electron chi connectivity index (χ2n) is 5.04. The van der Waals surface area contributed by atoms with Crippen molar-refractivity contribution in [2.24, 2.45) is 17.3 Å². The van der Waals surface area contributed by atoms with Crippen LogP contribution in [0.25, 0.3) is 0 Å². The van der Waals surface area contributed by atoms with Crippen molar-refractivity contribution in [2.45, 2.75) is 48.0 Å². The monoisotopic (exact) mass is 227 g/mol. The molecule has 0 aliphatic rings. The quantitative estimate of drug-likeness (QED) is 0.757. The van der Waals surface area contributed by atoms with Crippen LogP contribution in [0.3, 0.4) is 0 Å². The second-order valence-corrected chi connectivity index (χ2v) is 5.04. The van der Waals surface area contributed by atoms with Gasteiger partial charge in [0.2, 0.25) is 5.91 Å². The van der Waals surface area contributed by atoms with E-state index in [0.717, 1.165) is 0 Å². The molecule has 0 unspecified atom stereocenters. The summed E-state index contributed by atoms with van der Waals surface area (Å²) in [7, 11) is 0. The highest BCUT2D eigenvalue weighted by Crippen LogP contribution is 2.36. The lowest BCUT2D eigenvalue weighted by molar-refractivity contribution is -0.133. The van der Waals surface area contributed by atoms with Crippen LogP contribution in [-0.2, 0) is 9.59 Å². The van der Waals surface area contributed by atoms with Crippen molar-refractivity contribution in [1.82, 2.24) is 5.32 Å². The molecule has 0 aliphatic heterocycles. The Balaban J connectivity index is 4.91. The fourth-order valence-corrected chi connectivity index (χ4v) is 2.38. The number of amides is 1. The van der Waals surface area contributed by atoms with Gasteiger partial charge in [-0.2, -0.15) is 0 Å². The molecule has 3 nitrogen and oxygen atoms in total. The number of hydrogen-bond donors (Lipinski definition) is 1. The highest BCUT2D eigenvalue weighted by molar-refractivity contribution is 5.84. The van der Waals surface area contributed by atoms with Gasteiger partial charge in [0.1, 0.15) is 5.78 Å². The van der Waals surface area contributed by atoms with E-state index in [4.69, 9.17) is 0 Å². The standard InChI is InChI=1S/C13H25NO2/c1-7-12(16)14-8-13(9(2)3,10(4)5)11(6)15/h9-10H,7-8H2,1-6H3,(H,14,16).